The van der Waals surface area contributed by atoms with E-state index in [-0.39, 0.29) is 6.10 Å². The van der Waals surface area contributed by atoms with Crippen LogP contribution in [0.2, 0.25) is 0 Å². The van der Waals surface area contributed by atoms with Crippen LogP contribution in [-0.4, -0.2) is 63.3 Å². The predicted molar refractivity (Wildman–Crippen MR) is 148 cm³/mol. The summed E-state index contributed by atoms with van der Waals surface area (Å²) in [5.74, 6) is 5.16. The SMILES string of the molecule is CCC#C[C@H](O)[C@@H](COP(=S)(NC(C)C(=O)OC(C)C)Oc1ccccc1)O[C@H](CO)n1ccc(=O)[nH]c1=O. The summed E-state index contributed by atoms with van der Waals surface area (Å²) in [5.41, 5.74) is -1.45. The number of esters is 1. The topological polar surface area (TPSA) is 161 Å². The van der Waals surface area contributed by atoms with Crippen molar-refractivity contribution in [3.63, 3.8) is 0 Å². The van der Waals surface area contributed by atoms with Gasteiger partial charge in [0.05, 0.1) is 19.3 Å². The number of aromatic amines is 1. The third-order valence-electron chi connectivity index (χ3n) is 4.86. The number of H-pyrrole nitrogens is 1. The molecule has 0 bridgehead atoms. The zero-order chi connectivity index (χ0) is 29.0. The molecule has 14 heteroatoms. The van der Waals surface area contributed by atoms with Gasteiger partial charge < -0.3 is 28.7 Å². The van der Waals surface area contributed by atoms with Gasteiger partial charge in [0.25, 0.3) is 5.56 Å². The lowest BCUT2D eigenvalue weighted by atomic mass is 10.2. The minimum Gasteiger partial charge on any atom is -0.462 e. The van der Waals surface area contributed by atoms with Crippen LogP contribution in [0.1, 0.15) is 40.3 Å². The molecule has 0 saturated carbocycles. The summed E-state index contributed by atoms with van der Waals surface area (Å²) in [4.78, 5) is 38.2. The molecule has 0 saturated heterocycles. The molecule has 214 valence electrons. The quantitative estimate of drug-likeness (QED) is 0.145. The van der Waals surface area contributed by atoms with Crippen molar-refractivity contribution in [3.05, 3.63) is 63.4 Å². The molecule has 2 rings (SSSR count). The Bertz CT molecular complexity index is 1290. The van der Waals surface area contributed by atoms with Crippen LogP contribution in [0.4, 0.5) is 0 Å². The zero-order valence-electron chi connectivity index (χ0n) is 22.1. The number of aromatic nitrogens is 2. The highest BCUT2D eigenvalue weighted by Gasteiger charge is 2.32. The van der Waals surface area contributed by atoms with Gasteiger partial charge >= 0.3 is 18.3 Å². The lowest BCUT2D eigenvalue weighted by molar-refractivity contribution is -0.149. The summed E-state index contributed by atoms with van der Waals surface area (Å²) < 4.78 is 23.9. The number of aliphatic hydroxyl groups excluding tert-OH is 2. The number of nitrogens with zero attached hydrogens (tertiary/aromatic N) is 1. The van der Waals surface area contributed by atoms with E-state index in [1.165, 1.54) is 0 Å². The Morgan fingerprint density at radius 2 is 1.90 bits per heavy atom. The second kappa shape index (κ2) is 15.7. The van der Waals surface area contributed by atoms with Gasteiger partial charge in [-0.2, -0.15) is 0 Å². The lowest BCUT2D eigenvalue weighted by Crippen LogP contribution is -2.41. The van der Waals surface area contributed by atoms with Gasteiger partial charge in [0, 0.05) is 18.7 Å². The maximum absolute atomic E-state index is 12.5. The Kier molecular flexibility index (Phi) is 13.0. The largest absolute Gasteiger partial charge is 0.462 e. The second-order valence-corrected chi connectivity index (χ2v) is 11.6. The highest BCUT2D eigenvalue weighted by atomic mass is 32.5. The minimum absolute atomic E-state index is 0.354. The van der Waals surface area contributed by atoms with Crippen molar-refractivity contribution in [1.29, 1.82) is 0 Å². The van der Waals surface area contributed by atoms with Crippen LogP contribution in [0.5, 0.6) is 5.75 Å². The lowest BCUT2D eigenvalue weighted by Gasteiger charge is -2.30. The van der Waals surface area contributed by atoms with Gasteiger partial charge in [-0.05, 0) is 44.7 Å². The molecule has 0 spiro atoms. The monoisotopic (exact) mass is 583 g/mol. The van der Waals surface area contributed by atoms with Crippen molar-refractivity contribution in [1.82, 2.24) is 14.6 Å². The first-order valence-electron chi connectivity index (χ1n) is 12.2. The first-order valence-corrected chi connectivity index (χ1v) is 14.8. The third kappa shape index (κ3) is 10.7. The molecule has 0 aliphatic rings. The van der Waals surface area contributed by atoms with Crippen molar-refractivity contribution in [2.45, 2.75) is 64.7 Å². The van der Waals surface area contributed by atoms with E-state index >= 15 is 0 Å². The normalized spacial score (nSPS) is 15.8. The number of para-hydroxylation sites is 1. The molecule has 0 radical (unpaired) electrons. The summed E-state index contributed by atoms with van der Waals surface area (Å²) in [7, 11) is 0. The van der Waals surface area contributed by atoms with Gasteiger partial charge in [-0.15, -0.1) is 5.92 Å². The van der Waals surface area contributed by atoms with Crippen molar-refractivity contribution in [3.8, 4) is 17.6 Å². The molecule has 0 amide bonds. The summed E-state index contributed by atoms with van der Waals surface area (Å²) >= 11 is 5.69. The number of benzene rings is 1. The van der Waals surface area contributed by atoms with E-state index in [2.05, 4.69) is 21.9 Å². The summed E-state index contributed by atoms with van der Waals surface area (Å²) in [6.45, 7) is 2.18. The molecule has 5 atom stereocenters. The number of carbonyl (C=O) groups excluding carboxylic acids is 1. The average Bonchev–Trinajstić information content (AvgIpc) is 2.88. The maximum Gasteiger partial charge on any atom is 0.330 e. The minimum atomic E-state index is -3.49. The molecular weight excluding hydrogens is 549 g/mol. The predicted octanol–water partition coefficient (Wildman–Crippen LogP) is 1.44. The average molecular weight is 584 g/mol. The fraction of sp³-hybridized carbons (Fsp3) is 0.480. The molecule has 1 aromatic heterocycles. The van der Waals surface area contributed by atoms with E-state index in [4.69, 9.17) is 30.3 Å². The van der Waals surface area contributed by atoms with Gasteiger partial charge in [0.15, 0.2) is 6.23 Å². The Hall–Kier alpha value is -2.82. The number of hydrogen-bond acceptors (Lipinski definition) is 10. The van der Waals surface area contributed by atoms with Crippen molar-refractivity contribution in [2.24, 2.45) is 0 Å². The molecule has 12 nitrogen and oxygen atoms in total. The number of hydrogen-bond donors (Lipinski definition) is 4. The maximum atomic E-state index is 12.5. The van der Waals surface area contributed by atoms with Crippen LogP contribution < -0.4 is 20.9 Å². The van der Waals surface area contributed by atoms with Gasteiger partial charge in [-0.25, -0.2) is 9.88 Å². The third-order valence-corrected chi connectivity index (χ3v) is 7.36. The first-order chi connectivity index (χ1) is 18.5. The van der Waals surface area contributed by atoms with Crippen molar-refractivity contribution >= 4 is 24.4 Å². The molecule has 0 fully saturated rings. The molecular formula is C25H34N3O9PS. The molecule has 1 heterocycles. The summed E-state index contributed by atoms with van der Waals surface area (Å²) in [6.07, 6.45) is -2.72. The summed E-state index contributed by atoms with van der Waals surface area (Å²) in [5, 5.41) is 23.5. The van der Waals surface area contributed by atoms with Gasteiger partial charge in [-0.3, -0.25) is 19.1 Å². The van der Waals surface area contributed by atoms with E-state index in [1.54, 1.807) is 58.0 Å². The molecule has 2 unspecified atom stereocenters. The molecule has 4 N–H and O–H groups in total. The van der Waals surface area contributed by atoms with E-state index in [0.717, 1.165) is 16.8 Å². The van der Waals surface area contributed by atoms with Gasteiger partial charge in [0.2, 0.25) is 0 Å². The Morgan fingerprint density at radius 1 is 1.21 bits per heavy atom. The fourth-order valence-corrected chi connectivity index (χ4v) is 5.48. The van der Waals surface area contributed by atoms with Crippen LogP contribution in [0.15, 0.2) is 52.2 Å². The van der Waals surface area contributed by atoms with E-state index in [1.807, 2.05) is 0 Å². The highest BCUT2D eigenvalue weighted by molar-refractivity contribution is 8.09. The molecule has 1 aromatic carbocycles. The van der Waals surface area contributed by atoms with Crippen molar-refractivity contribution in [2.75, 3.05) is 13.2 Å². The Labute approximate surface area is 231 Å². The van der Waals surface area contributed by atoms with Gasteiger partial charge in [-0.1, -0.05) is 31.0 Å². The smallest absolute Gasteiger partial charge is 0.330 e. The molecule has 39 heavy (non-hydrogen) atoms. The van der Waals surface area contributed by atoms with Crippen LogP contribution in [-0.2, 0) is 30.6 Å². The zero-order valence-corrected chi connectivity index (χ0v) is 23.8. The molecule has 2 aromatic rings. The number of carbonyl (C=O) groups is 1. The Morgan fingerprint density at radius 3 is 2.49 bits per heavy atom. The summed E-state index contributed by atoms with van der Waals surface area (Å²) in [6, 6.07) is 8.74. The Balaban J connectivity index is 2.34. The van der Waals surface area contributed by atoms with Crippen LogP contribution in [0, 0.1) is 11.8 Å². The van der Waals surface area contributed by atoms with E-state index in [9.17, 15) is 24.6 Å². The fourth-order valence-electron chi connectivity index (χ4n) is 3.06. The first kappa shape index (κ1) is 32.4. The number of rotatable bonds is 14. The van der Waals surface area contributed by atoms with Crippen LogP contribution >= 0.6 is 6.64 Å². The highest BCUT2D eigenvalue weighted by Crippen LogP contribution is 2.45. The molecule has 0 aliphatic heterocycles. The van der Waals surface area contributed by atoms with Gasteiger partial charge in [0.1, 0.15) is 24.0 Å². The van der Waals surface area contributed by atoms with Crippen LogP contribution in [0.25, 0.3) is 0 Å². The van der Waals surface area contributed by atoms with E-state index < -0.39 is 61.6 Å². The van der Waals surface area contributed by atoms with E-state index in [0.29, 0.717) is 12.2 Å². The second-order valence-electron chi connectivity index (χ2n) is 8.48. The van der Waals surface area contributed by atoms with Crippen molar-refractivity contribution < 1.29 is 33.5 Å². The number of nitrogens with one attached hydrogen (secondary N) is 2. The standard InChI is InChI=1S/C25H34N3O9PS/c1-5-6-12-20(30)21(36-23(15-29)28-14-13-22(31)26-25(28)33)16-34-38(39,37-19-10-8-7-9-11-19)27-18(4)24(32)35-17(2)3/h7-11,13-14,17-18,20-21,23,29-30H,5,15-16H2,1-4H3,(H,27,39)(H,26,31,33)/t18?,20-,21+,23+,38?/m0/s1. The number of aliphatic hydroxyl groups is 2. The number of ether oxygens (including phenoxy) is 2. The molecule has 0 aliphatic carbocycles. The van der Waals surface area contributed by atoms with Crippen LogP contribution in [0.3, 0.4) is 0 Å².